The van der Waals surface area contributed by atoms with Crippen LogP contribution in [-0.4, -0.2) is 75.6 Å². The lowest BCUT2D eigenvalue weighted by Crippen LogP contribution is -2.44. The van der Waals surface area contributed by atoms with E-state index in [1.807, 2.05) is 5.06 Å². The van der Waals surface area contributed by atoms with E-state index in [4.69, 9.17) is 42.3 Å². The summed E-state index contributed by atoms with van der Waals surface area (Å²) in [5.41, 5.74) is 2.01. The first kappa shape index (κ1) is 26.1. The predicted octanol–water partition coefficient (Wildman–Crippen LogP) is 4.73. The molecule has 0 bridgehead atoms. The summed E-state index contributed by atoms with van der Waals surface area (Å²) in [5.74, 6) is 1.48. The van der Waals surface area contributed by atoms with E-state index in [1.54, 1.807) is 31.4 Å². The van der Waals surface area contributed by atoms with E-state index in [1.165, 1.54) is 13.3 Å². The number of methoxy groups -OCH3 is 2. The molecule has 1 aromatic heterocycles. The number of anilines is 2. The van der Waals surface area contributed by atoms with Crippen molar-refractivity contribution in [2.24, 2.45) is 0 Å². The summed E-state index contributed by atoms with van der Waals surface area (Å²) in [6.45, 7) is 4.42. The molecular weight excluding hydrogens is 505 g/mol. The van der Waals surface area contributed by atoms with Crippen LogP contribution in [0.4, 0.5) is 11.4 Å². The van der Waals surface area contributed by atoms with Crippen molar-refractivity contribution in [3.05, 3.63) is 46.1 Å². The number of hydrogen-bond donors (Lipinski definition) is 1. The maximum absolute atomic E-state index is 9.73. The summed E-state index contributed by atoms with van der Waals surface area (Å²) in [4.78, 5) is 12.5. The van der Waals surface area contributed by atoms with E-state index in [-0.39, 0.29) is 0 Å². The molecule has 2 aromatic carbocycles. The van der Waals surface area contributed by atoms with Crippen LogP contribution in [0.1, 0.15) is 5.56 Å². The van der Waals surface area contributed by atoms with Crippen LogP contribution < -0.4 is 19.5 Å². The Labute approximate surface area is 220 Å². The molecule has 4 rings (SSSR count). The number of ether oxygens (including phenoxy) is 3. The van der Waals surface area contributed by atoms with Crippen LogP contribution in [0.25, 0.3) is 10.9 Å². The zero-order valence-corrected chi connectivity index (χ0v) is 21.8. The number of hydrogen-bond acceptors (Lipinski definition) is 9. The Morgan fingerprint density at radius 2 is 1.72 bits per heavy atom. The molecule has 36 heavy (non-hydrogen) atoms. The molecule has 3 aromatic rings. The zero-order valence-electron chi connectivity index (χ0n) is 20.3. The first-order valence-electron chi connectivity index (χ1n) is 11.3. The third-order valence-electron chi connectivity index (χ3n) is 5.85. The van der Waals surface area contributed by atoms with Gasteiger partial charge in [0.15, 0.2) is 11.5 Å². The Bertz CT molecular complexity index is 1280. The summed E-state index contributed by atoms with van der Waals surface area (Å²) < 4.78 is 16.8. The maximum Gasteiger partial charge on any atom is 0.163 e. The number of halogens is 2. The van der Waals surface area contributed by atoms with E-state index in [0.29, 0.717) is 68.3 Å². The SMILES string of the molecule is COc1cc(Nc2c(C#N)cnc3cc(OCCON4CCN(C)CC4)c(OC)cc23)c(Cl)cc1Cl. The van der Waals surface area contributed by atoms with Crippen molar-refractivity contribution in [2.75, 3.05) is 66.0 Å². The Hall–Kier alpha value is -3.00. The third-order valence-corrected chi connectivity index (χ3v) is 6.46. The maximum atomic E-state index is 9.73. The van der Waals surface area contributed by atoms with Gasteiger partial charge in [-0.2, -0.15) is 10.3 Å². The Morgan fingerprint density at radius 1 is 0.972 bits per heavy atom. The number of likely N-dealkylation sites (N-methyl/N-ethyl adjacent to an activating group) is 1. The van der Waals surface area contributed by atoms with Gasteiger partial charge in [0, 0.05) is 49.9 Å². The number of hydroxylamine groups is 2. The number of nitriles is 1. The normalized spacial score (nSPS) is 14.4. The van der Waals surface area contributed by atoms with Gasteiger partial charge in [-0.05, 0) is 19.2 Å². The standard InChI is InChI=1S/C25H27Cl2N5O4/c1-31-4-6-32(7-5-31)36-9-8-35-24-12-20-17(10-23(24)34-3)25(16(14-28)15-29-20)30-21-13-22(33-2)19(27)11-18(21)26/h10-13,15H,4-9H2,1-3H3,(H,29,30). The molecule has 1 aliphatic heterocycles. The molecule has 190 valence electrons. The van der Waals surface area contributed by atoms with Gasteiger partial charge < -0.3 is 24.4 Å². The number of pyridine rings is 1. The van der Waals surface area contributed by atoms with Gasteiger partial charge in [-0.25, -0.2) is 0 Å². The molecule has 0 atom stereocenters. The molecule has 1 fully saturated rings. The summed E-state index contributed by atoms with van der Waals surface area (Å²) in [6.07, 6.45) is 1.50. The fourth-order valence-corrected chi connectivity index (χ4v) is 4.35. The average molecular weight is 532 g/mol. The lowest BCUT2D eigenvalue weighted by atomic mass is 10.1. The van der Waals surface area contributed by atoms with E-state index in [2.05, 4.69) is 28.3 Å². The fourth-order valence-electron chi connectivity index (χ4n) is 3.84. The van der Waals surface area contributed by atoms with Gasteiger partial charge in [0.25, 0.3) is 0 Å². The Morgan fingerprint density at radius 3 is 2.42 bits per heavy atom. The molecule has 9 nitrogen and oxygen atoms in total. The van der Waals surface area contributed by atoms with Crippen molar-refractivity contribution in [3.63, 3.8) is 0 Å². The lowest BCUT2D eigenvalue weighted by Gasteiger charge is -2.31. The second-order valence-electron chi connectivity index (χ2n) is 8.18. The van der Waals surface area contributed by atoms with Crippen LogP contribution in [0.15, 0.2) is 30.5 Å². The number of aromatic nitrogens is 1. The minimum absolute atomic E-state index is 0.337. The van der Waals surface area contributed by atoms with E-state index in [0.717, 1.165) is 26.2 Å². The van der Waals surface area contributed by atoms with Crippen LogP contribution in [0.5, 0.6) is 17.2 Å². The molecule has 0 aliphatic carbocycles. The van der Waals surface area contributed by atoms with Gasteiger partial charge in [-0.15, -0.1) is 0 Å². The number of nitrogens with one attached hydrogen (secondary N) is 1. The number of rotatable bonds is 9. The van der Waals surface area contributed by atoms with Gasteiger partial charge in [-0.3, -0.25) is 9.82 Å². The molecule has 0 unspecified atom stereocenters. The van der Waals surface area contributed by atoms with Crippen molar-refractivity contribution in [1.29, 1.82) is 5.26 Å². The molecule has 0 radical (unpaired) electrons. The van der Waals surface area contributed by atoms with Crippen LogP contribution >= 0.6 is 23.2 Å². The molecule has 1 saturated heterocycles. The van der Waals surface area contributed by atoms with Crippen molar-refractivity contribution < 1.29 is 19.0 Å². The van der Waals surface area contributed by atoms with Gasteiger partial charge in [0.05, 0.1) is 46.7 Å². The first-order valence-corrected chi connectivity index (χ1v) is 12.1. The van der Waals surface area contributed by atoms with Gasteiger partial charge in [0.2, 0.25) is 0 Å². The average Bonchev–Trinajstić information content (AvgIpc) is 2.88. The molecule has 2 heterocycles. The molecular formula is C25H27Cl2N5O4. The van der Waals surface area contributed by atoms with E-state index >= 15 is 0 Å². The molecule has 0 amide bonds. The topological polar surface area (TPSA) is 92.1 Å². The van der Waals surface area contributed by atoms with Crippen LogP contribution in [-0.2, 0) is 4.84 Å². The summed E-state index contributed by atoms with van der Waals surface area (Å²) >= 11 is 12.6. The number of benzene rings is 2. The lowest BCUT2D eigenvalue weighted by molar-refractivity contribution is -0.179. The van der Waals surface area contributed by atoms with E-state index < -0.39 is 0 Å². The van der Waals surface area contributed by atoms with Crippen LogP contribution in [0.3, 0.4) is 0 Å². The van der Waals surface area contributed by atoms with Gasteiger partial charge >= 0.3 is 0 Å². The zero-order chi connectivity index (χ0) is 25.7. The van der Waals surface area contributed by atoms with Crippen molar-refractivity contribution in [2.45, 2.75) is 0 Å². The number of nitrogens with zero attached hydrogens (tertiary/aromatic N) is 4. The molecule has 0 spiro atoms. The van der Waals surface area contributed by atoms with Crippen LogP contribution in [0.2, 0.25) is 10.0 Å². The highest BCUT2D eigenvalue weighted by Crippen LogP contribution is 2.40. The fraction of sp³-hybridized carbons (Fsp3) is 0.360. The summed E-state index contributed by atoms with van der Waals surface area (Å²) in [7, 11) is 5.18. The van der Waals surface area contributed by atoms with Crippen LogP contribution in [0, 0.1) is 11.3 Å². The number of piperazine rings is 1. The summed E-state index contributed by atoms with van der Waals surface area (Å²) in [5, 5.41) is 16.4. The number of fused-ring (bicyclic) bond motifs is 1. The molecule has 0 saturated carbocycles. The molecule has 11 heteroatoms. The largest absolute Gasteiger partial charge is 0.495 e. The molecule has 1 aliphatic rings. The minimum Gasteiger partial charge on any atom is -0.495 e. The monoisotopic (exact) mass is 531 g/mol. The highest BCUT2D eigenvalue weighted by atomic mass is 35.5. The van der Waals surface area contributed by atoms with E-state index in [9.17, 15) is 5.26 Å². The van der Waals surface area contributed by atoms with Crippen molar-refractivity contribution >= 4 is 45.5 Å². The minimum atomic E-state index is 0.337. The Kier molecular flexibility index (Phi) is 8.56. The first-order chi connectivity index (χ1) is 17.4. The van der Waals surface area contributed by atoms with Crippen molar-refractivity contribution in [3.8, 4) is 23.3 Å². The van der Waals surface area contributed by atoms with Crippen molar-refractivity contribution in [1.82, 2.24) is 14.9 Å². The second kappa shape index (κ2) is 11.8. The van der Waals surface area contributed by atoms with Gasteiger partial charge in [0.1, 0.15) is 25.0 Å². The smallest absolute Gasteiger partial charge is 0.163 e. The summed E-state index contributed by atoms with van der Waals surface area (Å²) in [6, 6.07) is 8.99. The predicted molar refractivity (Wildman–Crippen MR) is 140 cm³/mol. The Balaban J connectivity index is 1.57. The molecule has 1 N–H and O–H groups in total. The highest BCUT2D eigenvalue weighted by Gasteiger charge is 2.17. The third kappa shape index (κ3) is 5.86. The quantitative estimate of drug-likeness (QED) is 0.393. The highest BCUT2D eigenvalue weighted by molar-refractivity contribution is 6.37. The second-order valence-corrected chi connectivity index (χ2v) is 9.00. The van der Waals surface area contributed by atoms with Gasteiger partial charge in [-0.1, -0.05) is 23.2 Å².